The molecule has 2 N–H and O–H groups in total. The van der Waals surface area contributed by atoms with E-state index in [0.29, 0.717) is 12.8 Å². The van der Waals surface area contributed by atoms with Crippen LogP contribution in [0.4, 0.5) is 0 Å². The third kappa shape index (κ3) is 1.32. The fourth-order valence-electron chi connectivity index (χ4n) is 1.50. The molecule has 0 unspecified atom stereocenters. The third-order valence-electron chi connectivity index (χ3n) is 2.13. The third-order valence-corrected chi connectivity index (χ3v) is 2.13. The minimum atomic E-state index is -1.10. The van der Waals surface area contributed by atoms with Crippen molar-refractivity contribution in [1.82, 2.24) is 0 Å². The van der Waals surface area contributed by atoms with E-state index in [9.17, 15) is 9.59 Å². The number of hydrogen-bond acceptors (Lipinski definition) is 2. The molecule has 1 aliphatic rings. The van der Waals surface area contributed by atoms with Gasteiger partial charge < -0.3 is 10.2 Å². The Morgan fingerprint density at radius 1 is 1.33 bits per heavy atom. The first-order chi connectivity index (χ1) is 5.54. The normalized spacial score (nSPS) is 22.9. The van der Waals surface area contributed by atoms with Crippen molar-refractivity contribution in [3.63, 3.8) is 0 Å². The molecule has 0 heterocycles. The minimum Gasteiger partial charge on any atom is -0.478 e. The SMILES string of the molecule is C[C@H]1CCC(C(=O)O)=C1C(=O)O. The van der Waals surface area contributed by atoms with Gasteiger partial charge in [0, 0.05) is 5.57 Å². The lowest BCUT2D eigenvalue weighted by molar-refractivity contribution is -0.136. The van der Waals surface area contributed by atoms with E-state index in [-0.39, 0.29) is 17.1 Å². The van der Waals surface area contributed by atoms with Crippen LogP contribution in [-0.4, -0.2) is 22.2 Å². The summed E-state index contributed by atoms with van der Waals surface area (Å²) < 4.78 is 0. The highest BCUT2D eigenvalue weighted by atomic mass is 16.4. The van der Waals surface area contributed by atoms with E-state index in [0.717, 1.165) is 0 Å². The molecule has 4 heteroatoms. The number of carboxylic acids is 2. The van der Waals surface area contributed by atoms with Crippen LogP contribution in [0.3, 0.4) is 0 Å². The molecule has 0 fully saturated rings. The topological polar surface area (TPSA) is 74.6 Å². The van der Waals surface area contributed by atoms with Crippen molar-refractivity contribution in [2.24, 2.45) is 5.92 Å². The van der Waals surface area contributed by atoms with Crippen LogP contribution in [0, 0.1) is 5.92 Å². The molecule has 4 nitrogen and oxygen atoms in total. The van der Waals surface area contributed by atoms with Crippen molar-refractivity contribution < 1.29 is 19.8 Å². The summed E-state index contributed by atoms with van der Waals surface area (Å²) in [4.78, 5) is 21.1. The van der Waals surface area contributed by atoms with Crippen LogP contribution in [0.1, 0.15) is 19.8 Å². The first-order valence-electron chi connectivity index (χ1n) is 3.73. The van der Waals surface area contributed by atoms with Crippen molar-refractivity contribution in [3.8, 4) is 0 Å². The van der Waals surface area contributed by atoms with Gasteiger partial charge in [-0.2, -0.15) is 0 Å². The summed E-state index contributed by atoms with van der Waals surface area (Å²) in [5.74, 6) is -2.33. The van der Waals surface area contributed by atoms with Crippen molar-refractivity contribution in [2.75, 3.05) is 0 Å². The quantitative estimate of drug-likeness (QED) is 0.645. The molecule has 66 valence electrons. The van der Waals surface area contributed by atoms with Crippen LogP contribution in [-0.2, 0) is 9.59 Å². The zero-order valence-electron chi connectivity index (χ0n) is 6.70. The van der Waals surface area contributed by atoms with Gasteiger partial charge in [-0.3, -0.25) is 0 Å². The van der Waals surface area contributed by atoms with Gasteiger partial charge in [0.2, 0.25) is 0 Å². The number of carbonyl (C=O) groups is 2. The lowest BCUT2D eigenvalue weighted by atomic mass is 10.0. The molecule has 0 aromatic rings. The van der Waals surface area contributed by atoms with Crippen molar-refractivity contribution in [2.45, 2.75) is 19.8 Å². The van der Waals surface area contributed by atoms with Crippen LogP contribution < -0.4 is 0 Å². The fraction of sp³-hybridized carbons (Fsp3) is 0.500. The standard InChI is InChI=1S/C8H10O4/c1-4-2-3-5(7(9)10)6(4)8(11)12/h4H,2-3H2,1H3,(H,9,10)(H,11,12)/t4-/m0/s1. The highest BCUT2D eigenvalue weighted by Crippen LogP contribution is 2.31. The molecule has 0 amide bonds. The summed E-state index contributed by atoms with van der Waals surface area (Å²) in [5, 5.41) is 17.3. The molecule has 0 aliphatic heterocycles. The Balaban J connectivity index is 3.06. The molecule has 0 saturated heterocycles. The van der Waals surface area contributed by atoms with Gasteiger partial charge in [-0.05, 0) is 18.8 Å². The largest absolute Gasteiger partial charge is 0.478 e. The summed E-state index contributed by atoms with van der Waals surface area (Å²) in [5.41, 5.74) is 0.137. The zero-order chi connectivity index (χ0) is 9.30. The fourth-order valence-corrected chi connectivity index (χ4v) is 1.50. The van der Waals surface area contributed by atoms with Gasteiger partial charge in [-0.1, -0.05) is 6.92 Å². The maximum absolute atomic E-state index is 10.6. The molecule has 0 aromatic carbocycles. The van der Waals surface area contributed by atoms with Crippen LogP contribution in [0.15, 0.2) is 11.1 Å². The second-order valence-electron chi connectivity index (χ2n) is 2.94. The first-order valence-corrected chi connectivity index (χ1v) is 3.73. The summed E-state index contributed by atoms with van der Waals surface area (Å²) in [7, 11) is 0. The van der Waals surface area contributed by atoms with E-state index >= 15 is 0 Å². The molecule has 0 aromatic heterocycles. The van der Waals surface area contributed by atoms with Gasteiger partial charge in [0.1, 0.15) is 0 Å². The summed E-state index contributed by atoms with van der Waals surface area (Å²) >= 11 is 0. The molecule has 1 aliphatic carbocycles. The molecule has 1 atom stereocenters. The van der Waals surface area contributed by atoms with Crippen molar-refractivity contribution >= 4 is 11.9 Å². The first kappa shape index (κ1) is 8.77. The average molecular weight is 170 g/mol. The maximum atomic E-state index is 10.6. The van der Waals surface area contributed by atoms with Crippen molar-refractivity contribution in [3.05, 3.63) is 11.1 Å². The summed E-state index contributed by atoms with van der Waals surface area (Å²) in [6.07, 6.45) is 1.00. The maximum Gasteiger partial charge on any atom is 0.332 e. The Kier molecular flexibility index (Phi) is 2.17. The number of aliphatic carboxylic acids is 2. The number of rotatable bonds is 2. The van der Waals surface area contributed by atoms with Gasteiger partial charge in [-0.15, -0.1) is 0 Å². The molecule has 0 spiro atoms. The molecule has 0 saturated carbocycles. The Labute approximate surface area is 69.5 Å². The minimum absolute atomic E-state index is 0.0648. The Hall–Kier alpha value is -1.32. The van der Waals surface area contributed by atoms with E-state index in [2.05, 4.69) is 0 Å². The predicted octanol–water partition coefficient (Wildman–Crippen LogP) is 0.882. The molecular weight excluding hydrogens is 160 g/mol. The number of carboxylic acid groups (broad SMARTS) is 2. The second kappa shape index (κ2) is 2.97. The highest BCUT2D eigenvalue weighted by Gasteiger charge is 2.30. The van der Waals surface area contributed by atoms with Gasteiger partial charge in [0.05, 0.1) is 5.57 Å². The lowest BCUT2D eigenvalue weighted by Crippen LogP contribution is -2.10. The smallest absolute Gasteiger partial charge is 0.332 e. The molecule has 1 rings (SSSR count). The predicted molar refractivity (Wildman–Crippen MR) is 40.7 cm³/mol. The molecule has 0 bridgehead atoms. The molecule has 12 heavy (non-hydrogen) atoms. The van der Waals surface area contributed by atoms with E-state index in [1.165, 1.54) is 0 Å². The van der Waals surface area contributed by atoms with E-state index in [1.54, 1.807) is 6.92 Å². The Morgan fingerprint density at radius 2 is 1.92 bits per heavy atom. The van der Waals surface area contributed by atoms with Crippen LogP contribution in [0.25, 0.3) is 0 Å². The van der Waals surface area contributed by atoms with E-state index in [4.69, 9.17) is 10.2 Å². The van der Waals surface area contributed by atoms with Crippen LogP contribution >= 0.6 is 0 Å². The van der Waals surface area contributed by atoms with Gasteiger partial charge in [0.25, 0.3) is 0 Å². The lowest BCUT2D eigenvalue weighted by Gasteiger charge is -2.02. The van der Waals surface area contributed by atoms with Crippen LogP contribution in [0.2, 0.25) is 0 Å². The van der Waals surface area contributed by atoms with E-state index < -0.39 is 11.9 Å². The summed E-state index contributed by atoms with van der Waals surface area (Å²) in [6.45, 7) is 1.74. The zero-order valence-corrected chi connectivity index (χ0v) is 6.70. The average Bonchev–Trinajstić information content (AvgIpc) is 2.30. The monoisotopic (exact) mass is 170 g/mol. The van der Waals surface area contributed by atoms with E-state index in [1.807, 2.05) is 0 Å². The summed E-state index contributed by atoms with van der Waals surface area (Å²) in [6, 6.07) is 0. The highest BCUT2D eigenvalue weighted by molar-refractivity contribution is 6.00. The van der Waals surface area contributed by atoms with Crippen LogP contribution in [0.5, 0.6) is 0 Å². The number of hydrogen-bond donors (Lipinski definition) is 2. The Bertz CT molecular complexity index is 264. The Morgan fingerprint density at radius 3 is 2.25 bits per heavy atom. The molecule has 0 radical (unpaired) electrons. The van der Waals surface area contributed by atoms with Gasteiger partial charge in [-0.25, -0.2) is 9.59 Å². The molecular formula is C8H10O4. The van der Waals surface area contributed by atoms with Crippen molar-refractivity contribution in [1.29, 1.82) is 0 Å². The van der Waals surface area contributed by atoms with Gasteiger partial charge in [0.15, 0.2) is 0 Å². The van der Waals surface area contributed by atoms with Gasteiger partial charge >= 0.3 is 11.9 Å². The second-order valence-corrected chi connectivity index (χ2v) is 2.94.